The van der Waals surface area contributed by atoms with Crippen LogP contribution in [0.2, 0.25) is 0 Å². The van der Waals surface area contributed by atoms with Gasteiger partial charge in [-0.05, 0) is 35.7 Å². The van der Waals surface area contributed by atoms with Gasteiger partial charge in [-0.3, -0.25) is 0 Å². The van der Waals surface area contributed by atoms with Crippen molar-refractivity contribution in [1.29, 1.82) is 0 Å². The van der Waals surface area contributed by atoms with E-state index >= 15 is 0 Å². The first-order valence-corrected chi connectivity index (χ1v) is 7.02. The van der Waals surface area contributed by atoms with Crippen LogP contribution in [0.4, 0.5) is 8.78 Å². The van der Waals surface area contributed by atoms with Crippen molar-refractivity contribution < 1.29 is 13.9 Å². The molecule has 0 heterocycles. The lowest BCUT2D eigenvalue weighted by Crippen LogP contribution is -2.22. The molecular weight excluding hydrogens is 272 g/mol. The summed E-state index contributed by atoms with van der Waals surface area (Å²) in [5.41, 5.74) is 2.36. The van der Waals surface area contributed by atoms with Crippen LogP contribution >= 0.6 is 0 Å². The van der Waals surface area contributed by atoms with Gasteiger partial charge in [-0.25, -0.2) is 8.78 Å². The number of hydrogen-bond acceptors (Lipinski definition) is 2. The SMILES string of the molecule is CCc1ccccc1CNCC(O)c1cc(F)ccc1F. The molecule has 0 aliphatic heterocycles. The molecule has 4 heteroatoms. The summed E-state index contributed by atoms with van der Waals surface area (Å²) in [6.45, 7) is 2.83. The first-order valence-electron chi connectivity index (χ1n) is 7.02. The molecule has 0 radical (unpaired) electrons. The smallest absolute Gasteiger partial charge is 0.129 e. The van der Waals surface area contributed by atoms with Gasteiger partial charge in [-0.15, -0.1) is 0 Å². The number of halogens is 2. The third kappa shape index (κ3) is 4.09. The summed E-state index contributed by atoms with van der Waals surface area (Å²) in [5, 5.41) is 13.0. The number of aryl methyl sites for hydroxylation is 1. The highest BCUT2D eigenvalue weighted by Crippen LogP contribution is 2.18. The second kappa shape index (κ2) is 7.29. The Morgan fingerprint density at radius 2 is 1.81 bits per heavy atom. The maximum absolute atomic E-state index is 13.5. The maximum Gasteiger partial charge on any atom is 0.129 e. The Kier molecular flexibility index (Phi) is 5.42. The van der Waals surface area contributed by atoms with Crippen LogP contribution < -0.4 is 5.32 Å². The molecule has 112 valence electrons. The Morgan fingerprint density at radius 1 is 1.10 bits per heavy atom. The molecule has 2 aromatic carbocycles. The van der Waals surface area contributed by atoms with Crippen LogP contribution in [0, 0.1) is 11.6 Å². The summed E-state index contributed by atoms with van der Waals surface area (Å²) < 4.78 is 26.6. The van der Waals surface area contributed by atoms with E-state index in [1.807, 2.05) is 18.2 Å². The normalized spacial score (nSPS) is 12.4. The molecule has 21 heavy (non-hydrogen) atoms. The van der Waals surface area contributed by atoms with Crippen molar-refractivity contribution >= 4 is 0 Å². The van der Waals surface area contributed by atoms with Crippen LogP contribution in [0.25, 0.3) is 0 Å². The average molecular weight is 291 g/mol. The molecule has 0 aliphatic rings. The van der Waals surface area contributed by atoms with Gasteiger partial charge in [0.15, 0.2) is 0 Å². The van der Waals surface area contributed by atoms with E-state index in [-0.39, 0.29) is 12.1 Å². The van der Waals surface area contributed by atoms with Crippen LogP contribution in [0.1, 0.15) is 29.7 Å². The van der Waals surface area contributed by atoms with E-state index in [1.165, 1.54) is 5.56 Å². The van der Waals surface area contributed by atoms with Gasteiger partial charge < -0.3 is 10.4 Å². The molecule has 2 rings (SSSR count). The van der Waals surface area contributed by atoms with Gasteiger partial charge in [-0.2, -0.15) is 0 Å². The number of benzene rings is 2. The Balaban J connectivity index is 1.95. The lowest BCUT2D eigenvalue weighted by molar-refractivity contribution is 0.169. The lowest BCUT2D eigenvalue weighted by Gasteiger charge is -2.14. The molecule has 0 saturated heterocycles. The molecule has 0 aliphatic carbocycles. The Bertz CT molecular complexity index is 601. The standard InChI is InChI=1S/C17H19F2NO/c1-2-12-5-3-4-6-13(12)10-20-11-17(21)15-9-14(18)7-8-16(15)19/h3-9,17,20-21H,2,10-11H2,1H3. The van der Waals surface area contributed by atoms with E-state index in [1.54, 1.807) is 0 Å². The second-order valence-corrected chi connectivity index (χ2v) is 4.93. The topological polar surface area (TPSA) is 32.3 Å². The number of rotatable bonds is 6. The molecular formula is C17H19F2NO. The van der Waals surface area contributed by atoms with Crippen LogP contribution in [0.3, 0.4) is 0 Å². The summed E-state index contributed by atoms with van der Waals surface area (Å²) in [4.78, 5) is 0. The fourth-order valence-corrected chi connectivity index (χ4v) is 2.30. The Labute approximate surface area is 123 Å². The predicted molar refractivity (Wildman–Crippen MR) is 78.8 cm³/mol. The minimum absolute atomic E-state index is 0.0220. The van der Waals surface area contributed by atoms with Gasteiger partial charge in [-0.1, -0.05) is 31.2 Å². The highest BCUT2D eigenvalue weighted by Gasteiger charge is 2.13. The molecule has 0 fully saturated rings. The fraction of sp³-hybridized carbons (Fsp3) is 0.294. The van der Waals surface area contributed by atoms with Gasteiger partial charge in [0.25, 0.3) is 0 Å². The van der Waals surface area contributed by atoms with Crippen molar-refractivity contribution in [3.63, 3.8) is 0 Å². The number of aliphatic hydroxyl groups excluding tert-OH is 1. The van der Waals surface area contributed by atoms with Crippen molar-refractivity contribution in [3.05, 3.63) is 70.8 Å². The van der Waals surface area contributed by atoms with E-state index in [9.17, 15) is 13.9 Å². The molecule has 1 atom stereocenters. The molecule has 1 unspecified atom stereocenters. The van der Waals surface area contributed by atoms with E-state index in [4.69, 9.17) is 0 Å². The number of nitrogens with one attached hydrogen (secondary N) is 1. The van der Waals surface area contributed by atoms with Crippen LogP contribution in [-0.4, -0.2) is 11.7 Å². The quantitative estimate of drug-likeness (QED) is 0.855. The maximum atomic E-state index is 13.5. The van der Waals surface area contributed by atoms with Gasteiger partial charge in [0, 0.05) is 18.7 Å². The molecule has 0 amide bonds. The zero-order chi connectivity index (χ0) is 15.2. The molecule has 0 aromatic heterocycles. The molecule has 2 nitrogen and oxygen atoms in total. The summed E-state index contributed by atoms with van der Waals surface area (Å²) in [5.74, 6) is -1.15. The molecule has 2 aromatic rings. The molecule has 0 saturated carbocycles. The zero-order valence-electron chi connectivity index (χ0n) is 11.9. The van der Waals surface area contributed by atoms with E-state index in [2.05, 4.69) is 18.3 Å². The minimum atomic E-state index is -1.07. The van der Waals surface area contributed by atoms with Crippen molar-refractivity contribution in [3.8, 4) is 0 Å². The van der Waals surface area contributed by atoms with Crippen molar-refractivity contribution in [2.45, 2.75) is 26.0 Å². The average Bonchev–Trinajstić information content (AvgIpc) is 2.50. The highest BCUT2D eigenvalue weighted by atomic mass is 19.1. The predicted octanol–water partition coefficient (Wildman–Crippen LogP) is 3.35. The van der Waals surface area contributed by atoms with Crippen LogP contribution in [0.15, 0.2) is 42.5 Å². The number of aliphatic hydroxyl groups is 1. The fourth-order valence-electron chi connectivity index (χ4n) is 2.30. The molecule has 2 N–H and O–H groups in total. The summed E-state index contributed by atoms with van der Waals surface area (Å²) in [6, 6.07) is 11.1. The lowest BCUT2D eigenvalue weighted by atomic mass is 10.0. The molecule has 0 spiro atoms. The van der Waals surface area contributed by atoms with Crippen molar-refractivity contribution in [2.24, 2.45) is 0 Å². The van der Waals surface area contributed by atoms with Crippen LogP contribution in [0.5, 0.6) is 0 Å². The van der Waals surface area contributed by atoms with Crippen LogP contribution in [-0.2, 0) is 13.0 Å². The monoisotopic (exact) mass is 291 g/mol. The third-order valence-electron chi connectivity index (χ3n) is 3.47. The largest absolute Gasteiger partial charge is 0.387 e. The third-order valence-corrected chi connectivity index (χ3v) is 3.47. The summed E-state index contributed by atoms with van der Waals surface area (Å²) in [6.07, 6.45) is -0.145. The Hall–Kier alpha value is -1.78. The number of hydrogen-bond donors (Lipinski definition) is 2. The van der Waals surface area contributed by atoms with E-state index in [0.29, 0.717) is 6.54 Å². The summed E-state index contributed by atoms with van der Waals surface area (Å²) >= 11 is 0. The first-order chi connectivity index (χ1) is 10.1. The van der Waals surface area contributed by atoms with E-state index in [0.717, 1.165) is 30.2 Å². The zero-order valence-corrected chi connectivity index (χ0v) is 11.9. The van der Waals surface area contributed by atoms with Gasteiger partial charge in [0.1, 0.15) is 11.6 Å². The Morgan fingerprint density at radius 3 is 2.52 bits per heavy atom. The van der Waals surface area contributed by atoms with Gasteiger partial charge in [0.2, 0.25) is 0 Å². The highest BCUT2D eigenvalue weighted by molar-refractivity contribution is 5.27. The first kappa shape index (κ1) is 15.6. The van der Waals surface area contributed by atoms with Crippen molar-refractivity contribution in [2.75, 3.05) is 6.54 Å². The van der Waals surface area contributed by atoms with Gasteiger partial charge in [0.05, 0.1) is 6.10 Å². The second-order valence-electron chi connectivity index (χ2n) is 4.93. The summed E-state index contributed by atoms with van der Waals surface area (Å²) in [7, 11) is 0. The van der Waals surface area contributed by atoms with Gasteiger partial charge >= 0.3 is 0 Å². The van der Waals surface area contributed by atoms with Crippen molar-refractivity contribution in [1.82, 2.24) is 5.32 Å². The van der Waals surface area contributed by atoms with E-state index < -0.39 is 17.7 Å². The minimum Gasteiger partial charge on any atom is -0.387 e. The molecule has 0 bridgehead atoms.